The predicted molar refractivity (Wildman–Crippen MR) is 128 cm³/mol. The minimum absolute atomic E-state index is 0.741. The SMILES string of the molecule is COc1cc2c(cc1-c1c(C)noc1C)[nH]c1ncnc(-c3c[nH]cc3-c3ccccc3)c12. The Hall–Kier alpha value is -4.39. The molecule has 7 nitrogen and oxygen atoms in total. The zero-order valence-corrected chi connectivity index (χ0v) is 18.4. The molecule has 0 radical (unpaired) electrons. The molecule has 4 heterocycles. The van der Waals surface area contributed by atoms with E-state index in [2.05, 4.69) is 38.3 Å². The standard InChI is InChI=1S/C26H21N5O2/c1-14-23(15(2)33-31-14)18-9-21-17(10-22(18)32-3)24-25(28-13-29-26(24)30-21)20-12-27-11-19(20)16-7-5-4-6-8-16/h4-13,27H,1-3H3,(H,28,29,30). The predicted octanol–water partition coefficient (Wildman–Crippen LogP) is 6.05. The molecule has 7 heteroatoms. The van der Waals surface area contributed by atoms with Crippen LogP contribution in [-0.2, 0) is 0 Å². The molecule has 6 aromatic rings. The molecule has 0 saturated heterocycles. The summed E-state index contributed by atoms with van der Waals surface area (Å²) in [5.74, 6) is 1.49. The summed E-state index contributed by atoms with van der Waals surface area (Å²) in [6, 6.07) is 14.4. The summed E-state index contributed by atoms with van der Waals surface area (Å²) < 4.78 is 11.2. The van der Waals surface area contributed by atoms with Gasteiger partial charge in [0, 0.05) is 40.0 Å². The fraction of sp³-hybridized carbons (Fsp3) is 0.115. The third-order valence-corrected chi connectivity index (χ3v) is 6.10. The summed E-state index contributed by atoms with van der Waals surface area (Å²) in [6.45, 7) is 3.84. The van der Waals surface area contributed by atoms with Gasteiger partial charge in [-0.3, -0.25) is 0 Å². The zero-order valence-electron chi connectivity index (χ0n) is 18.4. The normalized spacial score (nSPS) is 11.5. The summed E-state index contributed by atoms with van der Waals surface area (Å²) in [5.41, 5.74) is 8.49. The highest BCUT2D eigenvalue weighted by Crippen LogP contribution is 2.42. The molecule has 0 bridgehead atoms. The van der Waals surface area contributed by atoms with Gasteiger partial charge >= 0.3 is 0 Å². The van der Waals surface area contributed by atoms with Crippen molar-refractivity contribution in [3.05, 3.63) is 72.6 Å². The summed E-state index contributed by atoms with van der Waals surface area (Å²) >= 11 is 0. The van der Waals surface area contributed by atoms with Gasteiger partial charge in [0.25, 0.3) is 0 Å². The van der Waals surface area contributed by atoms with Crippen LogP contribution >= 0.6 is 0 Å². The van der Waals surface area contributed by atoms with E-state index in [4.69, 9.17) is 14.2 Å². The van der Waals surface area contributed by atoms with Gasteiger partial charge in [-0.2, -0.15) is 0 Å². The largest absolute Gasteiger partial charge is 0.496 e. The molecule has 2 aromatic carbocycles. The molecule has 4 aromatic heterocycles. The number of H-pyrrole nitrogens is 2. The first-order chi connectivity index (χ1) is 16.2. The molecule has 0 saturated carbocycles. The van der Waals surface area contributed by atoms with Crippen molar-refractivity contribution in [3.63, 3.8) is 0 Å². The number of ether oxygens (including phenoxy) is 1. The number of fused-ring (bicyclic) bond motifs is 3. The van der Waals surface area contributed by atoms with E-state index in [0.29, 0.717) is 0 Å². The van der Waals surface area contributed by atoms with Crippen molar-refractivity contribution in [3.8, 4) is 39.3 Å². The fourth-order valence-electron chi connectivity index (χ4n) is 4.61. The Bertz CT molecular complexity index is 1610. The van der Waals surface area contributed by atoms with Crippen LogP contribution in [0.1, 0.15) is 11.5 Å². The summed E-state index contributed by atoms with van der Waals surface area (Å²) in [6.07, 6.45) is 5.59. The van der Waals surface area contributed by atoms with Crippen LogP contribution in [0.15, 0.2) is 65.7 Å². The maximum atomic E-state index is 5.80. The molecule has 0 aliphatic rings. The molecule has 0 fully saturated rings. The van der Waals surface area contributed by atoms with Gasteiger partial charge in [0.15, 0.2) is 0 Å². The van der Waals surface area contributed by atoms with E-state index in [9.17, 15) is 0 Å². The van der Waals surface area contributed by atoms with Crippen LogP contribution in [0.4, 0.5) is 0 Å². The fourth-order valence-corrected chi connectivity index (χ4v) is 4.61. The van der Waals surface area contributed by atoms with Gasteiger partial charge in [-0.25, -0.2) is 9.97 Å². The van der Waals surface area contributed by atoms with Crippen molar-refractivity contribution < 1.29 is 9.26 Å². The van der Waals surface area contributed by atoms with Crippen molar-refractivity contribution in [2.75, 3.05) is 7.11 Å². The second kappa shape index (κ2) is 7.34. The van der Waals surface area contributed by atoms with Crippen molar-refractivity contribution in [2.24, 2.45) is 0 Å². The van der Waals surface area contributed by atoms with Crippen LogP contribution in [0, 0.1) is 13.8 Å². The van der Waals surface area contributed by atoms with Crippen LogP contribution in [0.25, 0.3) is 55.4 Å². The van der Waals surface area contributed by atoms with Gasteiger partial charge in [0.1, 0.15) is 23.5 Å². The molecule has 0 unspecified atom stereocenters. The van der Waals surface area contributed by atoms with E-state index in [1.54, 1.807) is 13.4 Å². The van der Waals surface area contributed by atoms with E-state index in [1.807, 2.05) is 50.5 Å². The van der Waals surface area contributed by atoms with Crippen molar-refractivity contribution in [1.82, 2.24) is 25.1 Å². The monoisotopic (exact) mass is 435 g/mol. The zero-order chi connectivity index (χ0) is 22.5. The summed E-state index contributed by atoms with van der Waals surface area (Å²) in [5, 5.41) is 6.06. The topological polar surface area (TPSA) is 92.6 Å². The first-order valence-corrected chi connectivity index (χ1v) is 10.7. The highest BCUT2D eigenvalue weighted by Gasteiger charge is 2.21. The third kappa shape index (κ3) is 2.93. The first kappa shape index (κ1) is 19.3. The molecule has 6 rings (SSSR count). The van der Waals surface area contributed by atoms with Gasteiger partial charge in [0.2, 0.25) is 0 Å². The average Bonchev–Trinajstić information content (AvgIpc) is 3.55. The number of rotatable bonds is 4. The molecule has 162 valence electrons. The van der Waals surface area contributed by atoms with Crippen LogP contribution in [-0.4, -0.2) is 32.2 Å². The minimum Gasteiger partial charge on any atom is -0.496 e. The van der Waals surface area contributed by atoms with E-state index in [1.165, 1.54) is 0 Å². The number of methoxy groups -OCH3 is 1. The number of nitrogens with one attached hydrogen (secondary N) is 2. The lowest BCUT2D eigenvalue weighted by Gasteiger charge is -2.09. The number of nitrogens with zero attached hydrogens (tertiary/aromatic N) is 3. The number of aromatic nitrogens is 5. The second-order valence-electron chi connectivity index (χ2n) is 8.02. The second-order valence-corrected chi connectivity index (χ2v) is 8.02. The molecule has 2 N–H and O–H groups in total. The van der Waals surface area contributed by atoms with Gasteiger partial charge in [-0.1, -0.05) is 35.5 Å². The Balaban J connectivity index is 1.63. The number of benzene rings is 2. The lowest BCUT2D eigenvalue weighted by molar-refractivity contribution is 0.393. The number of aryl methyl sites for hydroxylation is 2. The molecular formula is C26H21N5O2. The lowest BCUT2D eigenvalue weighted by atomic mass is 9.98. The van der Waals surface area contributed by atoms with Gasteiger partial charge in [-0.05, 0) is 31.5 Å². The maximum absolute atomic E-state index is 5.80. The highest BCUT2D eigenvalue weighted by atomic mass is 16.5. The number of hydrogen-bond donors (Lipinski definition) is 2. The number of hydrogen-bond acceptors (Lipinski definition) is 5. The van der Waals surface area contributed by atoms with Gasteiger partial charge in [-0.15, -0.1) is 0 Å². The third-order valence-electron chi connectivity index (χ3n) is 6.10. The summed E-state index contributed by atoms with van der Waals surface area (Å²) in [4.78, 5) is 15.9. The van der Waals surface area contributed by atoms with Gasteiger partial charge in [0.05, 0.1) is 29.4 Å². The van der Waals surface area contributed by atoms with Crippen LogP contribution < -0.4 is 4.74 Å². The van der Waals surface area contributed by atoms with Crippen LogP contribution in [0.3, 0.4) is 0 Å². The first-order valence-electron chi connectivity index (χ1n) is 10.7. The van der Waals surface area contributed by atoms with Crippen LogP contribution in [0.2, 0.25) is 0 Å². The Labute approximate surface area is 189 Å². The quantitative estimate of drug-likeness (QED) is 0.351. The van der Waals surface area contributed by atoms with Gasteiger partial charge < -0.3 is 19.2 Å². The molecule has 0 amide bonds. The van der Waals surface area contributed by atoms with E-state index in [0.717, 1.165) is 72.7 Å². The molecule has 33 heavy (non-hydrogen) atoms. The Morgan fingerprint density at radius 2 is 1.76 bits per heavy atom. The maximum Gasteiger partial charge on any atom is 0.142 e. The van der Waals surface area contributed by atoms with Crippen LogP contribution in [0.5, 0.6) is 5.75 Å². The molecule has 0 aliphatic carbocycles. The summed E-state index contributed by atoms with van der Waals surface area (Å²) in [7, 11) is 1.68. The smallest absolute Gasteiger partial charge is 0.142 e. The van der Waals surface area contributed by atoms with E-state index < -0.39 is 0 Å². The van der Waals surface area contributed by atoms with E-state index in [-0.39, 0.29) is 0 Å². The van der Waals surface area contributed by atoms with Crippen molar-refractivity contribution in [2.45, 2.75) is 13.8 Å². The Kier molecular flexibility index (Phi) is 4.29. The number of aromatic amines is 2. The average molecular weight is 435 g/mol. The van der Waals surface area contributed by atoms with E-state index >= 15 is 0 Å². The van der Waals surface area contributed by atoms with Crippen molar-refractivity contribution in [1.29, 1.82) is 0 Å². The Morgan fingerprint density at radius 3 is 2.52 bits per heavy atom. The lowest BCUT2D eigenvalue weighted by Crippen LogP contribution is -1.91. The highest BCUT2D eigenvalue weighted by molar-refractivity contribution is 6.14. The Morgan fingerprint density at radius 1 is 0.939 bits per heavy atom. The molecular weight excluding hydrogens is 414 g/mol. The molecule has 0 atom stereocenters. The molecule has 0 spiro atoms. The molecule has 0 aliphatic heterocycles. The van der Waals surface area contributed by atoms with Crippen molar-refractivity contribution >= 4 is 21.9 Å². The minimum atomic E-state index is 0.741.